The number of Topliss-reactive ketones (excluding diaryl/α,β-unsaturated/α-hetero) is 1. The molecule has 14 nitrogen and oxygen atoms in total. The zero-order valence-corrected chi connectivity index (χ0v) is 38.1. The van der Waals surface area contributed by atoms with Gasteiger partial charge in [-0.2, -0.15) is 0 Å². The molecule has 318 valence electrons. The number of carbonyl (C=O) groups is 4. The second-order valence-corrected chi connectivity index (χ2v) is 8.98. The van der Waals surface area contributed by atoms with E-state index in [1.807, 2.05) is 137 Å². The van der Waals surface area contributed by atoms with Crippen LogP contribution in [0.2, 0.25) is 0 Å². The lowest BCUT2D eigenvalue weighted by Gasteiger charge is -2.28. The van der Waals surface area contributed by atoms with Crippen molar-refractivity contribution in [2.45, 2.75) is 103 Å². The highest BCUT2D eigenvalue weighted by molar-refractivity contribution is 5.78. The average molecular weight is 745 g/mol. The van der Waals surface area contributed by atoms with E-state index in [0.29, 0.717) is 19.4 Å². The first kappa shape index (κ1) is 74.1. The first-order chi connectivity index (χ1) is 24.3. The summed E-state index contributed by atoms with van der Waals surface area (Å²) >= 11 is 0. The van der Waals surface area contributed by atoms with Crippen molar-refractivity contribution in [3.05, 3.63) is 0 Å². The van der Waals surface area contributed by atoms with Crippen molar-refractivity contribution in [2.24, 2.45) is 11.5 Å². The van der Waals surface area contributed by atoms with Crippen molar-refractivity contribution in [3.8, 4) is 0 Å². The van der Waals surface area contributed by atoms with Gasteiger partial charge in [0, 0.05) is 79.3 Å². The van der Waals surface area contributed by atoms with Gasteiger partial charge in [-0.15, -0.1) is 0 Å². The molecule has 0 aliphatic carbocycles. The number of hydrogen-bond acceptors (Lipinski definition) is 11. The Morgan fingerprint density at radius 1 is 0.686 bits per heavy atom. The van der Waals surface area contributed by atoms with E-state index in [9.17, 15) is 19.2 Å². The van der Waals surface area contributed by atoms with Crippen molar-refractivity contribution in [2.75, 3.05) is 122 Å². The number of primary amides is 1. The fourth-order valence-electron chi connectivity index (χ4n) is 2.12. The van der Waals surface area contributed by atoms with Gasteiger partial charge in [0.25, 0.3) is 0 Å². The highest BCUT2D eigenvalue weighted by Gasteiger charge is 2.16. The standard InChI is InChI=1S/C7H16N2O.C6H12N2O.C4H12N2.C4H8O.C3H8N2O.C3H10N2.5C2H6/c1-4-7(10)9(3)6-5-8-2;1-7-3-4-8(2)6(9)5-7;1-5-3-4-6-2;1-3-4(2)5;1-5-2-3(4)6;1-5-3-2-4;5*1-2/h8H,4-6H2,1-3H3;3-5H2,1-2H3;5-6H,3-4H2,1-2H3;3H2,1-2H3;5H,2H2,1H3,(H2,4,6);5H,2-4H2,1H3;5*1-2H3. The molecule has 1 aliphatic rings. The minimum Gasteiger partial charge on any atom is -0.369 e. The predicted molar refractivity (Wildman–Crippen MR) is 229 cm³/mol. The molecular weight excluding hydrogens is 648 g/mol. The molecule has 0 radical (unpaired) electrons. The van der Waals surface area contributed by atoms with Crippen LogP contribution < -0.4 is 38.1 Å². The van der Waals surface area contributed by atoms with Crippen LogP contribution in [0, 0.1) is 0 Å². The van der Waals surface area contributed by atoms with Gasteiger partial charge in [-0.05, 0) is 49.2 Å². The topological polar surface area (TPSA) is 190 Å². The van der Waals surface area contributed by atoms with Gasteiger partial charge in [-0.3, -0.25) is 19.3 Å². The Morgan fingerprint density at radius 3 is 1.24 bits per heavy atom. The van der Waals surface area contributed by atoms with Crippen molar-refractivity contribution < 1.29 is 19.2 Å². The monoisotopic (exact) mass is 745 g/mol. The highest BCUT2D eigenvalue weighted by Crippen LogP contribution is 1.96. The number of rotatable bonds is 12. The van der Waals surface area contributed by atoms with Crippen LogP contribution in [0.5, 0.6) is 0 Å². The summed E-state index contributed by atoms with van der Waals surface area (Å²) < 4.78 is 0. The van der Waals surface area contributed by atoms with Crippen LogP contribution in [0.15, 0.2) is 0 Å². The van der Waals surface area contributed by atoms with Crippen molar-refractivity contribution in [1.82, 2.24) is 41.3 Å². The Bertz CT molecular complexity index is 598. The maximum absolute atomic E-state index is 10.9. The van der Waals surface area contributed by atoms with Crippen molar-refractivity contribution in [3.63, 3.8) is 0 Å². The summed E-state index contributed by atoms with van der Waals surface area (Å²) in [4.78, 5) is 46.9. The van der Waals surface area contributed by atoms with Gasteiger partial charge in [-0.1, -0.05) is 83.1 Å². The Morgan fingerprint density at radius 2 is 1.06 bits per heavy atom. The first-order valence-corrected chi connectivity index (χ1v) is 19.2. The summed E-state index contributed by atoms with van der Waals surface area (Å²) in [6.07, 6.45) is 1.26. The molecule has 9 N–H and O–H groups in total. The summed E-state index contributed by atoms with van der Waals surface area (Å²) in [5, 5.41) is 14.5. The number of piperazine rings is 1. The number of nitrogens with one attached hydrogen (secondary N) is 5. The number of ketones is 1. The molecule has 0 bridgehead atoms. The first-order valence-electron chi connectivity index (χ1n) is 19.2. The van der Waals surface area contributed by atoms with Crippen LogP contribution in [-0.4, -0.2) is 160 Å². The van der Waals surface area contributed by atoms with E-state index >= 15 is 0 Å². The molecule has 1 fully saturated rings. The van der Waals surface area contributed by atoms with Crippen LogP contribution in [0.1, 0.15) is 103 Å². The van der Waals surface area contributed by atoms with E-state index in [0.717, 1.165) is 52.4 Å². The molecule has 1 rings (SSSR count). The van der Waals surface area contributed by atoms with E-state index in [2.05, 4.69) is 26.6 Å². The molecule has 1 heterocycles. The third-order valence-corrected chi connectivity index (χ3v) is 4.94. The lowest BCUT2D eigenvalue weighted by atomic mass is 10.3. The maximum atomic E-state index is 10.9. The van der Waals surface area contributed by atoms with Crippen molar-refractivity contribution >= 4 is 23.5 Å². The minimum atomic E-state index is -0.322. The largest absolute Gasteiger partial charge is 0.369 e. The van der Waals surface area contributed by atoms with E-state index in [4.69, 9.17) is 11.5 Å². The number of carbonyl (C=O) groups excluding carboxylic acids is 4. The maximum Gasteiger partial charge on any atom is 0.236 e. The summed E-state index contributed by atoms with van der Waals surface area (Å²) in [6, 6.07) is 0. The smallest absolute Gasteiger partial charge is 0.236 e. The SMILES string of the molecule is CC.CC.CC.CC.CC.CCC(=O)N(C)CCNC.CCC(C)=O.CN1CCN(C)C(=O)C1.CNCC(N)=O.CNCCN.CNCCNC. The van der Waals surface area contributed by atoms with Gasteiger partial charge in [0.1, 0.15) is 5.78 Å². The molecule has 51 heavy (non-hydrogen) atoms. The summed E-state index contributed by atoms with van der Waals surface area (Å²) in [5.41, 5.74) is 9.78. The molecule has 1 saturated heterocycles. The van der Waals surface area contributed by atoms with Gasteiger partial charge < -0.3 is 52.6 Å². The molecule has 0 aromatic carbocycles. The second-order valence-electron chi connectivity index (χ2n) is 8.98. The van der Waals surface area contributed by atoms with Crippen molar-refractivity contribution in [1.29, 1.82) is 0 Å². The van der Waals surface area contributed by atoms with Gasteiger partial charge in [0.2, 0.25) is 17.7 Å². The summed E-state index contributed by atoms with van der Waals surface area (Å²) in [6.45, 7) is 33.4. The number of nitrogens with zero attached hydrogens (tertiary/aromatic N) is 3. The quantitative estimate of drug-likeness (QED) is 0.146. The number of amides is 3. The van der Waals surface area contributed by atoms with Crippen LogP contribution in [-0.2, 0) is 19.2 Å². The number of hydrogen-bond donors (Lipinski definition) is 7. The Hall–Kier alpha value is -2.20. The molecule has 0 unspecified atom stereocenters. The van der Waals surface area contributed by atoms with Crippen LogP contribution in [0.4, 0.5) is 0 Å². The molecule has 3 amide bonds. The molecule has 0 saturated carbocycles. The number of likely N-dealkylation sites (N-methyl/N-ethyl adjacent to an activating group) is 8. The Kier molecular flexibility index (Phi) is 119. The molecular formula is C37H96N10O4. The zero-order chi connectivity index (χ0) is 43.1. The number of nitrogens with two attached hydrogens (primary N) is 2. The van der Waals surface area contributed by atoms with E-state index in [-0.39, 0.29) is 30.0 Å². The van der Waals surface area contributed by atoms with Gasteiger partial charge >= 0.3 is 0 Å². The highest BCUT2D eigenvalue weighted by atomic mass is 16.2. The lowest BCUT2D eigenvalue weighted by Crippen LogP contribution is -2.46. The van der Waals surface area contributed by atoms with Gasteiger partial charge in [0.15, 0.2) is 0 Å². The van der Waals surface area contributed by atoms with Gasteiger partial charge in [0.05, 0.1) is 13.1 Å². The van der Waals surface area contributed by atoms with Crippen LogP contribution >= 0.6 is 0 Å². The minimum absolute atomic E-state index is 0.204. The van der Waals surface area contributed by atoms with E-state index in [1.165, 1.54) is 0 Å². The predicted octanol–water partition coefficient (Wildman–Crippen LogP) is 2.86. The third-order valence-electron chi connectivity index (χ3n) is 4.94. The third kappa shape index (κ3) is 106. The van der Waals surface area contributed by atoms with Crippen LogP contribution in [0.25, 0.3) is 0 Å². The molecule has 1 aliphatic heterocycles. The molecule has 0 aromatic rings. The summed E-state index contributed by atoms with van der Waals surface area (Å²) in [5.74, 6) is 0.363. The van der Waals surface area contributed by atoms with Gasteiger partial charge in [-0.25, -0.2) is 0 Å². The molecule has 14 heteroatoms. The zero-order valence-electron chi connectivity index (χ0n) is 38.1. The average Bonchev–Trinajstić information content (AvgIpc) is 3.16. The second kappa shape index (κ2) is 81.7. The van der Waals surface area contributed by atoms with Crippen LogP contribution in [0.3, 0.4) is 0 Å². The molecule has 0 spiro atoms. The normalized spacial score (nSPS) is 10.1. The lowest BCUT2D eigenvalue weighted by molar-refractivity contribution is -0.133. The van der Waals surface area contributed by atoms with E-state index < -0.39 is 0 Å². The van der Waals surface area contributed by atoms with E-state index in [1.54, 1.807) is 23.8 Å². The molecule has 0 aromatic heterocycles. The summed E-state index contributed by atoms with van der Waals surface area (Å²) in [7, 11) is 14.9. The Balaban J connectivity index is -0.0000000478. The Labute approximate surface area is 319 Å². The fourth-order valence-corrected chi connectivity index (χ4v) is 2.12. The molecule has 0 atom stereocenters. The fraction of sp³-hybridized carbons (Fsp3) is 0.892.